The van der Waals surface area contributed by atoms with E-state index >= 15 is 0 Å². The van der Waals surface area contributed by atoms with Crippen LogP contribution in [-0.2, 0) is 6.54 Å². The number of hydrogen-bond acceptors (Lipinski definition) is 5. The van der Waals surface area contributed by atoms with Crippen LogP contribution in [0.5, 0.6) is 0 Å². The number of nitrogens with zero attached hydrogens (tertiary/aromatic N) is 3. The molecule has 2 heterocycles. The Morgan fingerprint density at radius 2 is 2.21 bits per heavy atom. The van der Waals surface area contributed by atoms with E-state index in [1.807, 2.05) is 17.5 Å². The molecule has 1 aromatic heterocycles. The van der Waals surface area contributed by atoms with Crippen molar-refractivity contribution in [3.63, 3.8) is 0 Å². The Balaban J connectivity index is 1.61. The van der Waals surface area contributed by atoms with Gasteiger partial charge in [0.25, 0.3) is 0 Å². The Labute approximate surface area is 119 Å². The maximum Gasteiger partial charge on any atom is 0.185 e. The number of piperazine rings is 1. The van der Waals surface area contributed by atoms with Gasteiger partial charge in [-0.1, -0.05) is 0 Å². The molecule has 3 rings (SSSR count). The van der Waals surface area contributed by atoms with Crippen LogP contribution >= 0.6 is 11.3 Å². The van der Waals surface area contributed by atoms with Crippen molar-refractivity contribution in [3.05, 3.63) is 11.1 Å². The summed E-state index contributed by atoms with van der Waals surface area (Å²) >= 11 is 1.84. The molecule has 0 unspecified atom stereocenters. The first-order chi connectivity index (χ1) is 9.04. The maximum atomic E-state index is 4.61. The minimum Gasteiger partial charge on any atom is -0.345 e. The molecule has 19 heavy (non-hydrogen) atoms. The summed E-state index contributed by atoms with van der Waals surface area (Å²) in [5.74, 6) is 0. The zero-order chi connectivity index (χ0) is 13.5. The van der Waals surface area contributed by atoms with Crippen molar-refractivity contribution >= 4 is 16.5 Å². The monoisotopic (exact) mass is 280 g/mol. The van der Waals surface area contributed by atoms with Gasteiger partial charge in [-0.2, -0.15) is 0 Å². The van der Waals surface area contributed by atoms with Crippen molar-refractivity contribution in [2.24, 2.45) is 0 Å². The van der Waals surface area contributed by atoms with E-state index in [9.17, 15) is 0 Å². The maximum absolute atomic E-state index is 4.61. The van der Waals surface area contributed by atoms with Gasteiger partial charge in [0.15, 0.2) is 5.13 Å². The van der Waals surface area contributed by atoms with Crippen LogP contribution in [0.4, 0.5) is 5.13 Å². The standard InChI is InChI=1S/C14H24N4S/c1-14(2)10-18(7-6-17(14)3)13-16-9-12(19-13)8-15-11-4-5-11/h9,11,15H,4-8,10H2,1-3H3. The van der Waals surface area contributed by atoms with Crippen molar-refractivity contribution in [2.45, 2.75) is 44.8 Å². The van der Waals surface area contributed by atoms with Crippen LogP contribution in [0.15, 0.2) is 6.20 Å². The predicted octanol–water partition coefficient (Wildman–Crippen LogP) is 1.93. The van der Waals surface area contributed by atoms with Gasteiger partial charge < -0.3 is 10.2 Å². The fourth-order valence-corrected chi connectivity index (χ4v) is 3.35. The molecule has 0 atom stereocenters. The molecule has 0 amide bonds. The molecule has 1 aliphatic heterocycles. The summed E-state index contributed by atoms with van der Waals surface area (Å²) in [6.07, 6.45) is 4.73. The Kier molecular flexibility index (Phi) is 3.53. The molecule has 0 radical (unpaired) electrons. The molecule has 1 saturated heterocycles. The number of anilines is 1. The Morgan fingerprint density at radius 3 is 2.89 bits per heavy atom. The van der Waals surface area contributed by atoms with Crippen molar-refractivity contribution in [3.8, 4) is 0 Å². The van der Waals surface area contributed by atoms with E-state index in [0.29, 0.717) is 0 Å². The third-order valence-corrected chi connectivity index (χ3v) is 5.33. The lowest BCUT2D eigenvalue weighted by Gasteiger charge is -2.45. The second kappa shape index (κ2) is 5.04. The van der Waals surface area contributed by atoms with E-state index in [1.54, 1.807) is 0 Å². The van der Waals surface area contributed by atoms with Crippen LogP contribution in [-0.4, -0.2) is 48.1 Å². The average Bonchev–Trinajstić information content (AvgIpc) is 3.07. The summed E-state index contributed by atoms with van der Waals surface area (Å²) in [4.78, 5) is 10.8. The number of rotatable bonds is 4. The quantitative estimate of drug-likeness (QED) is 0.913. The summed E-state index contributed by atoms with van der Waals surface area (Å²) in [5, 5.41) is 4.74. The van der Waals surface area contributed by atoms with E-state index in [2.05, 4.69) is 41.0 Å². The van der Waals surface area contributed by atoms with E-state index in [0.717, 1.165) is 32.2 Å². The second-order valence-electron chi connectivity index (χ2n) is 6.42. The van der Waals surface area contributed by atoms with E-state index < -0.39 is 0 Å². The zero-order valence-electron chi connectivity index (χ0n) is 12.1. The summed E-state index contributed by atoms with van der Waals surface area (Å²) in [5.41, 5.74) is 0.232. The number of thiazole rings is 1. The van der Waals surface area contributed by atoms with Gasteiger partial charge in [-0.15, -0.1) is 11.3 Å². The second-order valence-corrected chi connectivity index (χ2v) is 7.51. The first-order valence-electron chi connectivity index (χ1n) is 7.19. The predicted molar refractivity (Wildman–Crippen MR) is 80.9 cm³/mol. The summed E-state index contributed by atoms with van der Waals surface area (Å²) in [6.45, 7) is 8.86. The van der Waals surface area contributed by atoms with Crippen molar-refractivity contribution in [2.75, 3.05) is 31.6 Å². The first kappa shape index (κ1) is 13.3. The van der Waals surface area contributed by atoms with E-state index in [-0.39, 0.29) is 5.54 Å². The lowest BCUT2D eigenvalue weighted by molar-refractivity contribution is 0.139. The molecule has 1 N–H and O–H groups in total. The lowest BCUT2D eigenvalue weighted by Crippen LogP contribution is -2.57. The number of likely N-dealkylation sites (N-methyl/N-ethyl adjacent to an activating group) is 1. The summed E-state index contributed by atoms with van der Waals surface area (Å²) in [6, 6.07) is 0.771. The number of aromatic nitrogens is 1. The van der Waals surface area contributed by atoms with Crippen LogP contribution in [0.2, 0.25) is 0 Å². The van der Waals surface area contributed by atoms with Crippen LogP contribution in [0, 0.1) is 0 Å². The fourth-order valence-electron chi connectivity index (χ4n) is 2.46. The lowest BCUT2D eigenvalue weighted by atomic mass is 10.0. The van der Waals surface area contributed by atoms with Crippen molar-refractivity contribution in [1.29, 1.82) is 0 Å². The first-order valence-corrected chi connectivity index (χ1v) is 8.00. The Bertz CT molecular complexity index is 438. The minimum atomic E-state index is 0.232. The molecule has 2 fully saturated rings. The van der Waals surface area contributed by atoms with Gasteiger partial charge in [-0.25, -0.2) is 4.98 Å². The SMILES string of the molecule is CN1CCN(c2ncc(CNC3CC3)s2)CC1(C)C. The van der Waals surface area contributed by atoms with Crippen LogP contribution < -0.4 is 10.2 Å². The smallest absolute Gasteiger partial charge is 0.185 e. The minimum absolute atomic E-state index is 0.232. The molecular formula is C14H24N4S. The van der Waals surface area contributed by atoms with E-state index in [4.69, 9.17) is 0 Å². The summed E-state index contributed by atoms with van der Waals surface area (Å²) < 4.78 is 0. The molecule has 1 aliphatic carbocycles. The summed E-state index contributed by atoms with van der Waals surface area (Å²) in [7, 11) is 2.21. The molecule has 1 aromatic rings. The third kappa shape index (κ3) is 3.09. The Morgan fingerprint density at radius 1 is 1.42 bits per heavy atom. The van der Waals surface area contributed by atoms with Crippen LogP contribution in [0.1, 0.15) is 31.6 Å². The third-order valence-electron chi connectivity index (χ3n) is 4.27. The van der Waals surface area contributed by atoms with Gasteiger partial charge in [0, 0.05) is 48.8 Å². The molecular weight excluding hydrogens is 256 g/mol. The molecule has 1 saturated carbocycles. The van der Waals surface area contributed by atoms with Gasteiger partial charge >= 0.3 is 0 Å². The highest BCUT2D eigenvalue weighted by atomic mass is 32.1. The normalized spacial score (nSPS) is 23.8. The van der Waals surface area contributed by atoms with Crippen molar-refractivity contribution in [1.82, 2.24) is 15.2 Å². The highest BCUT2D eigenvalue weighted by molar-refractivity contribution is 7.15. The van der Waals surface area contributed by atoms with Gasteiger partial charge in [0.1, 0.15) is 0 Å². The van der Waals surface area contributed by atoms with Gasteiger partial charge in [-0.05, 0) is 33.7 Å². The highest BCUT2D eigenvalue weighted by Crippen LogP contribution is 2.28. The van der Waals surface area contributed by atoms with Gasteiger partial charge in [0.2, 0.25) is 0 Å². The molecule has 5 heteroatoms. The number of hydrogen-bond donors (Lipinski definition) is 1. The average molecular weight is 280 g/mol. The Hall–Kier alpha value is -0.650. The van der Waals surface area contributed by atoms with E-state index in [1.165, 1.54) is 22.9 Å². The highest BCUT2D eigenvalue weighted by Gasteiger charge is 2.32. The largest absolute Gasteiger partial charge is 0.345 e. The van der Waals surface area contributed by atoms with Gasteiger partial charge in [-0.3, -0.25) is 4.90 Å². The molecule has 2 aliphatic rings. The zero-order valence-corrected chi connectivity index (χ0v) is 13.0. The fraction of sp³-hybridized carbons (Fsp3) is 0.786. The molecule has 106 valence electrons. The van der Waals surface area contributed by atoms with Crippen LogP contribution in [0.25, 0.3) is 0 Å². The molecule has 4 nitrogen and oxygen atoms in total. The van der Waals surface area contributed by atoms with Crippen molar-refractivity contribution < 1.29 is 0 Å². The molecule has 0 aromatic carbocycles. The van der Waals surface area contributed by atoms with Gasteiger partial charge in [0.05, 0.1) is 0 Å². The van der Waals surface area contributed by atoms with Crippen LogP contribution in [0.3, 0.4) is 0 Å². The molecule has 0 bridgehead atoms. The number of nitrogens with one attached hydrogen (secondary N) is 1. The molecule has 0 spiro atoms. The topological polar surface area (TPSA) is 31.4 Å².